The van der Waals surface area contributed by atoms with Gasteiger partial charge < -0.3 is 4.40 Å². The fourth-order valence-electron chi connectivity index (χ4n) is 2.17. The fourth-order valence-corrected chi connectivity index (χ4v) is 2.69. The number of hydrogen-bond acceptors (Lipinski definition) is 1. The summed E-state index contributed by atoms with van der Waals surface area (Å²) in [4.78, 5) is 4.69. The highest BCUT2D eigenvalue weighted by molar-refractivity contribution is 9.10. The van der Waals surface area contributed by atoms with Crippen molar-refractivity contribution in [2.75, 3.05) is 0 Å². The van der Waals surface area contributed by atoms with Gasteiger partial charge in [0.1, 0.15) is 5.65 Å². The van der Waals surface area contributed by atoms with Crippen LogP contribution in [-0.2, 0) is 5.88 Å². The van der Waals surface area contributed by atoms with Gasteiger partial charge >= 0.3 is 0 Å². The normalized spacial score (nSPS) is 11.1. The smallest absolute Gasteiger partial charge is 0.137 e. The Bertz CT molecular complexity index is 732. The molecule has 0 unspecified atom stereocenters. The molecule has 0 N–H and O–H groups in total. The van der Waals surface area contributed by atoms with Gasteiger partial charge in [0, 0.05) is 16.2 Å². The lowest BCUT2D eigenvalue weighted by Gasteiger charge is -2.02. The van der Waals surface area contributed by atoms with Crippen LogP contribution in [0.3, 0.4) is 0 Å². The van der Waals surface area contributed by atoms with Crippen LogP contribution in [0.25, 0.3) is 16.9 Å². The third-order valence-electron chi connectivity index (χ3n) is 3.11. The summed E-state index contributed by atoms with van der Waals surface area (Å²) in [6, 6.07) is 12.2. The van der Waals surface area contributed by atoms with Crippen LogP contribution in [0.4, 0.5) is 0 Å². The van der Waals surface area contributed by atoms with E-state index >= 15 is 0 Å². The van der Waals surface area contributed by atoms with Crippen LogP contribution in [-0.4, -0.2) is 9.38 Å². The van der Waals surface area contributed by atoms with E-state index in [1.54, 1.807) is 0 Å². The summed E-state index contributed by atoms with van der Waals surface area (Å²) in [6.45, 7) is 2.07. The minimum atomic E-state index is 0.440. The molecule has 3 rings (SSSR count). The topological polar surface area (TPSA) is 17.3 Å². The SMILES string of the molecule is Cc1ccc2nc(-c3ccc(Br)cc3)c(CCl)n2c1. The highest BCUT2D eigenvalue weighted by atomic mass is 79.9. The summed E-state index contributed by atoms with van der Waals surface area (Å²) < 4.78 is 3.13. The lowest BCUT2D eigenvalue weighted by atomic mass is 10.1. The molecule has 0 aliphatic heterocycles. The predicted molar refractivity (Wildman–Crippen MR) is 82.6 cm³/mol. The molecular formula is C15H12BrClN2. The van der Waals surface area contributed by atoms with Crippen molar-refractivity contribution in [3.63, 3.8) is 0 Å². The van der Waals surface area contributed by atoms with Crippen LogP contribution in [0, 0.1) is 6.92 Å². The number of aromatic nitrogens is 2. The molecule has 0 saturated heterocycles. The second-order valence-corrected chi connectivity index (χ2v) is 5.67. The summed E-state index contributed by atoms with van der Waals surface area (Å²) in [7, 11) is 0. The summed E-state index contributed by atoms with van der Waals surface area (Å²) in [5, 5.41) is 0. The van der Waals surface area contributed by atoms with E-state index in [0.29, 0.717) is 5.88 Å². The monoisotopic (exact) mass is 334 g/mol. The van der Waals surface area contributed by atoms with Crippen molar-refractivity contribution in [2.24, 2.45) is 0 Å². The maximum atomic E-state index is 6.12. The van der Waals surface area contributed by atoms with Crippen LogP contribution in [0.5, 0.6) is 0 Å². The molecule has 0 atom stereocenters. The first-order valence-corrected chi connectivity index (χ1v) is 7.31. The maximum Gasteiger partial charge on any atom is 0.137 e. The second-order valence-electron chi connectivity index (χ2n) is 4.48. The van der Waals surface area contributed by atoms with Crippen molar-refractivity contribution < 1.29 is 0 Å². The number of halogens is 2. The number of rotatable bonds is 2. The number of nitrogens with zero attached hydrogens (tertiary/aromatic N) is 2. The first-order valence-electron chi connectivity index (χ1n) is 5.98. The zero-order valence-corrected chi connectivity index (χ0v) is 12.7. The van der Waals surface area contributed by atoms with Gasteiger partial charge in [0.25, 0.3) is 0 Å². The Hall–Kier alpha value is -1.32. The van der Waals surface area contributed by atoms with E-state index in [4.69, 9.17) is 11.6 Å². The average Bonchev–Trinajstić information content (AvgIpc) is 2.77. The van der Waals surface area contributed by atoms with Crippen molar-refractivity contribution in [3.05, 3.63) is 58.3 Å². The molecule has 0 amide bonds. The molecule has 19 heavy (non-hydrogen) atoms. The molecule has 2 nitrogen and oxygen atoms in total. The van der Waals surface area contributed by atoms with Crippen LogP contribution in [0.15, 0.2) is 47.1 Å². The Labute approximate surface area is 125 Å². The quantitative estimate of drug-likeness (QED) is 0.614. The standard InChI is InChI=1S/C15H12BrClN2/c1-10-2-7-14-18-15(13(8-17)19(14)9-10)11-3-5-12(16)6-4-11/h2-7,9H,8H2,1H3. The van der Waals surface area contributed by atoms with E-state index in [9.17, 15) is 0 Å². The minimum Gasteiger partial charge on any atom is -0.302 e. The van der Waals surface area contributed by atoms with Gasteiger partial charge in [-0.05, 0) is 30.7 Å². The third-order valence-corrected chi connectivity index (χ3v) is 3.89. The molecular weight excluding hydrogens is 324 g/mol. The van der Waals surface area contributed by atoms with Crippen LogP contribution in [0.2, 0.25) is 0 Å². The Balaban J connectivity index is 2.25. The van der Waals surface area contributed by atoms with E-state index in [-0.39, 0.29) is 0 Å². The summed E-state index contributed by atoms with van der Waals surface area (Å²) in [5.74, 6) is 0.440. The van der Waals surface area contributed by atoms with Crippen molar-refractivity contribution in [2.45, 2.75) is 12.8 Å². The molecule has 2 aromatic heterocycles. The predicted octanol–water partition coefficient (Wildman–Crippen LogP) is 4.81. The Morgan fingerprint density at radius 1 is 1.16 bits per heavy atom. The molecule has 0 saturated carbocycles. The summed E-state index contributed by atoms with van der Waals surface area (Å²) >= 11 is 9.56. The van der Waals surface area contributed by atoms with Gasteiger partial charge in [0.15, 0.2) is 0 Å². The summed E-state index contributed by atoms with van der Waals surface area (Å²) in [6.07, 6.45) is 2.07. The molecule has 0 spiro atoms. The number of alkyl halides is 1. The molecule has 1 aromatic carbocycles. The zero-order valence-electron chi connectivity index (χ0n) is 10.4. The Morgan fingerprint density at radius 3 is 2.58 bits per heavy atom. The molecule has 96 valence electrons. The number of fused-ring (bicyclic) bond motifs is 1. The van der Waals surface area contributed by atoms with Crippen molar-refractivity contribution in [3.8, 4) is 11.3 Å². The lowest BCUT2D eigenvalue weighted by molar-refractivity contribution is 1.07. The van der Waals surface area contributed by atoms with E-state index < -0.39 is 0 Å². The largest absolute Gasteiger partial charge is 0.302 e. The lowest BCUT2D eigenvalue weighted by Crippen LogP contribution is -1.92. The Kier molecular flexibility index (Phi) is 3.33. The van der Waals surface area contributed by atoms with Gasteiger partial charge in [-0.15, -0.1) is 11.6 Å². The number of pyridine rings is 1. The molecule has 0 aliphatic carbocycles. The fraction of sp³-hybridized carbons (Fsp3) is 0.133. The number of benzene rings is 1. The first kappa shape index (κ1) is 12.7. The number of aryl methyl sites for hydroxylation is 1. The highest BCUT2D eigenvalue weighted by Gasteiger charge is 2.12. The van der Waals surface area contributed by atoms with E-state index in [2.05, 4.69) is 56.6 Å². The van der Waals surface area contributed by atoms with Crippen LogP contribution < -0.4 is 0 Å². The Morgan fingerprint density at radius 2 is 1.89 bits per heavy atom. The highest BCUT2D eigenvalue weighted by Crippen LogP contribution is 2.27. The van der Waals surface area contributed by atoms with E-state index in [1.807, 2.05) is 18.2 Å². The van der Waals surface area contributed by atoms with Gasteiger partial charge in [-0.3, -0.25) is 0 Å². The maximum absolute atomic E-state index is 6.12. The van der Waals surface area contributed by atoms with Gasteiger partial charge in [0.2, 0.25) is 0 Å². The number of imidazole rings is 1. The van der Waals surface area contributed by atoms with E-state index in [0.717, 1.165) is 27.1 Å². The molecule has 0 fully saturated rings. The minimum absolute atomic E-state index is 0.440. The number of hydrogen-bond donors (Lipinski definition) is 0. The zero-order chi connectivity index (χ0) is 13.4. The van der Waals surface area contributed by atoms with Crippen molar-refractivity contribution >= 4 is 33.2 Å². The van der Waals surface area contributed by atoms with Crippen LogP contribution >= 0.6 is 27.5 Å². The summed E-state index contributed by atoms with van der Waals surface area (Å²) in [5.41, 5.74) is 5.19. The molecule has 4 heteroatoms. The average molecular weight is 336 g/mol. The van der Waals surface area contributed by atoms with Gasteiger partial charge in [-0.1, -0.05) is 34.1 Å². The molecule has 0 bridgehead atoms. The van der Waals surface area contributed by atoms with Gasteiger partial charge in [0.05, 0.1) is 17.3 Å². The molecule has 0 aliphatic rings. The van der Waals surface area contributed by atoms with Gasteiger partial charge in [-0.25, -0.2) is 4.98 Å². The third kappa shape index (κ3) is 2.28. The molecule has 0 radical (unpaired) electrons. The second kappa shape index (κ2) is 4.99. The van der Waals surface area contributed by atoms with Crippen molar-refractivity contribution in [1.29, 1.82) is 0 Å². The molecule has 2 heterocycles. The molecule has 3 aromatic rings. The first-order chi connectivity index (χ1) is 9.19. The van der Waals surface area contributed by atoms with Gasteiger partial charge in [-0.2, -0.15) is 0 Å². The van der Waals surface area contributed by atoms with E-state index in [1.165, 1.54) is 5.56 Å². The van der Waals surface area contributed by atoms with Crippen LogP contribution in [0.1, 0.15) is 11.3 Å². The van der Waals surface area contributed by atoms with Crippen molar-refractivity contribution in [1.82, 2.24) is 9.38 Å².